The van der Waals surface area contributed by atoms with Crippen LogP contribution in [0.25, 0.3) is 0 Å². The van der Waals surface area contributed by atoms with Crippen LogP contribution in [0.3, 0.4) is 0 Å². The van der Waals surface area contributed by atoms with Crippen molar-refractivity contribution >= 4 is 34.6 Å². The highest BCUT2D eigenvalue weighted by atomic mass is 35.5. The van der Waals surface area contributed by atoms with Gasteiger partial charge in [0, 0.05) is 41.9 Å². The quantitative estimate of drug-likeness (QED) is 0.574. The second-order valence-electron chi connectivity index (χ2n) is 7.69. The van der Waals surface area contributed by atoms with Crippen LogP contribution < -0.4 is 10.2 Å². The van der Waals surface area contributed by atoms with Crippen molar-refractivity contribution in [1.82, 2.24) is 14.9 Å². The summed E-state index contributed by atoms with van der Waals surface area (Å²) in [7, 11) is 0. The molecule has 5 rings (SSSR count). The van der Waals surface area contributed by atoms with Crippen LogP contribution >= 0.6 is 23.8 Å². The molecule has 2 aromatic heterocycles. The highest BCUT2D eigenvalue weighted by Crippen LogP contribution is 2.42. The number of thiocarbonyl (C=S) groups is 1. The van der Waals surface area contributed by atoms with Gasteiger partial charge in [-0.05, 0) is 73.6 Å². The molecular formula is C23H23ClN4OS. The average molecular weight is 439 g/mol. The van der Waals surface area contributed by atoms with Crippen LogP contribution in [0.4, 0.5) is 5.69 Å². The minimum atomic E-state index is -0.0625. The standard InChI is InChI=1S/C23H23ClN4OS/c24-16-8-10-17(11-9-16)28-22(21(26-23(28)30)19-6-1-2-12-25-19)20-7-3-13-27(20)15-18-5-4-14-29-18/h1-3,6-13,18,21-22H,4-5,14-15H2,(H,26,30)/t18-,21+,22-/m0/s1. The number of hydrogen-bond donors (Lipinski definition) is 1. The number of nitrogens with zero attached hydrogens (tertiary/aromatic N) is 3. The van der Waals surface area contributed by atoms with Gasteiger partial charge in [0.2, 0.25) is 0 Å². The lowest BCUT2D eigenvalue weighted by Gasteiger charge is -2.29. The number of ether oxygens (including phenoxy) is 1. The smallest absolute Gasteiger partial charge is 0.174 e. The largest absolute Gasteiger partial charge is 0.376 e. The number of nitrogens with one attached hydrogen (secondary N) is 1. The predicted octanol–water partition coefficient (Wildman–Crippen LogP) is 4.89. The fraction of sp³-hybridized carbons (Fsp3) is 0.304. The summed E-state index contributed by atoms with van der Waals surface area (Å²) in [6, 6.07) is 18.0. The first-order valence-electron chi connectivity index (χ1n) is 10.2. The fourth-order valence-electron chi connectivity index (χ4n) is 4.40. The van der Waals surface area contributed by atoms with Crippen LogP contribution in [0.1, 0.15) is 36.3 Å². The van der Waals surface area contributed by atoms with Crippen molar-refractivity contribution in [2.24, 2.45) is 0 Å². The summed E-state index contributed by atoms with van der Waals surface area (Å²) >= 11 is 11.9. The summed E-state index contributed by atoms with van der Waals surface area (Å²) in [4.78, 5) is 6.80. The van der Waals surface area contributed by atoms with Gasteiger partial charge in [-0.25, -0.2) is 0 Å². The maximum absolute atomic E-state index is 6.14. The molecule has 0 unspecified atom stereocenters. The molecule has 0 bridgehead atoms. The van der Waals surface area contributed by atoms with Gasteiger partial charge in [-0.3, -0.25) is 4.98 Å². The molecule has 30 heavy (non-hydrogen) atoms. The van der Waals surface area contributed by atoms with Gasteiger partial charge in [0.1, 0.15) is 6.04 Å². The van der Waals surface area contributed by atoms with Crippen molar-refractivity contribution in [1.29, 1.82) is 0 Å². The number of halogens is 1. The van der Waals surface area contributed by atoms with Crippen molar-refractivity contribution in [3.8, 4) is 0 Å². The number of anilines is 1. The van der Waals surface area contributed by atoms with E-state index in [4.69, 9.17) is 28.6 Å². The van der Waals surface area contributed by atoms with Crippen LogP contribution in [0, 0.1) is 0 Å². The normalized spacial score (nSPS) is 23.7. The number of rotatable bonds is 5. The lowest BCUT2D eigenvalue weighted by Crippen LogP contribution is -2.31. The average Bonchev–Trinajstić information content (AvgIpc) is 3.50. The van der Waals surface area contributed by atoms with E-state index in [-0.39, 0.29) is 18.2 Å². The van der Waals surface area contributed by atoms with Crippen LogP contribution in [0.15, 0.2) is 67.0 Å². The van der Waals surface area contributed by atoms with Crippen molar-refractivity contribution in [2.45, 2.75) is 37.6 Å². The third-order valence-corrected chi connectivity index (χ3v) is 6.36. The Morgan fingerprint density at radius 2 is 2.00 bits per heavy atom. The monoisotopic (exact) mass is 438 g/mol. The Morgan fingerprint density at radius 3 is 2.73 bits per heavy atom. The van der Waals surface area contributed by atoms with E-state index < -0.39 is 0 Å². The second kappa shape index (κ2) is 8.38. The van der Waals surface area contributed by atoms with E-state index in [1.807, 2.05) is 48.7 Å². The van der Waals surface area contributed by atoms with Gasteiger partial charge in [0.05, 0.1) is 17.8 Å². The zero-order chi connectivity index (χ0) is 20.5. The molecule has 1 N–H and O–H groups in total. The summed E-state index contributed by atoms with van der Waals surface area (Å²) in [5, 5.41) is 4.90. The molecule has 5 nitrogen and oxygen atoms in total. The lowest BCUT2D eigenvalue weighted by molar-refractivity contribution is 0.0961. The fourth-order valence-corrected chi connectivity index (χ4v) is 4.88. The van der Waals surface area contributed by atoms with Gasteiger partial charge in [-0.1, -0.05) is 17.7 Å². The van der Waals surface area contributed by atoms with E-state index in [2.05, 4.69) is 38.1 Å². The Morgan fingerprint density at radius 1 is 1.13 bits per heavy atom. The van der Waals surface area contributed by atoms with E-state index in [0.29, 0.717) is 10.1 Å². The molecule has 3 atom stereocenters. The first-order valence-corrected chi connectivity index (χ1v) is 11.0. The molecule has 1 aromatic carbocycles. The molecule has 7 heteroatoms. The van der Waals surface area contributed by atoms with Crippen LogP contribution in [0.2, 0.25) is 5.02 Å². The molecule has 2 aliphatic heterocycles. The van der Waals surface area contributed by atoms with E-state index in [0.717, 1.165) is 37.4 Å². The van der Waals surface area contributed by atoms with E-state index in [9.17, 15) is 0 Å². The summed E-state index contributed by atoms with van der Waals surface area (Å²) in [5.74, 6) is 0. The van der Waals surface area contributed by atoms with Crippen LogP contribution in [-0.4, -0.2) is 27.4 Å². The molecule has 2 saturated heterocycles. The third kappa shape index (κ3) is 3.71. The molecule has 154 valence electrons. The maximum Gasteiger partial charge on any atom is 0.174 e. The molecule has 0 spiro atoms. The summed E-state index contributed by atoms with van der Waals surface area (Å²) in [5.41, 5.74) is 3.15. The molecule has 0 saturated carbocycles. The molecule has 0 aliphatic carbocycles. The predicted molar refractivity (Wildman–Crippen MR) is 123 cm³/mol. The Kier molecular flexibility index (Phi) is 5.46. The van der Waals surface area contributed by atoms with Crippen molar-refractivity contribution in [2.75, 3.05) is 11.5 Å². The minimum absolute atomic E-state index is 0.0371. The highest BCUT2D eigenvalue weighted by Gasteiger charge is 2.42. The Labute approximate surface area is 186 Å². The minimum Gasteiger partial charge on any atom is -0.376 e. The molecule has 2 fully saturated rings. The Balaban J connectivity index is 1.57. The zero-order valence-corrected chi connectivity index (χ0v) is 18.0. The SMILES string of the molecule is S=C1N[C@H](c2ccccn2)[C@H](c2cccn2C[C@@H]2CCCO2)N1c1ccc(Cl)cc1. The van der Waals surface area contributed by atoms with Gasteiger partial charge in [-0.15, -0.1) is 0 Å². The maximum atomic E-state index is 6.14. The molecule has 4 heterocycles. The number of aromatic nitrogens is 2. The van der Waals surface area contributed by atoms with Crippen molar-refractivity contribution < 1.29 is 4.74 Å². The van der Waals surface area contributed by atoms with Crippen LogP contribution in [-0.2, 0) is 11.3 Å². The van der Waals surface area contributed by atoms with Gasteiger partial charge < -0.3 is 19.5 Å². The Hall–Kier alpha value is -2.41. The molecular weight excluding hydrogens is 416 g/mol. The van der Waals surface area contributed by atoms with Crippen LogP contribution in [0.5, 0.6) is 0 Å². The van der Waals surface area contributed by atoms with Gasteiger partial charge in [-0.2, -0.15) is 0 Å². The first kappa shape index (κ1) is 19.5. The molecule has 0 amide bonds. The summed E-state index contributed by atoms with van der Waals surface area (Å²) in [6.45, 7) is 1.69. The van der Waals surface area contributed by atoms with E-state index in [1.54, 1.807) is 0 Å². The summed E-state index contributed by atoms with van der Waals surface area (Å²) in [6.07, 6.45) is 6.45. The molecule has 3 aromatic rings. The number of benzene rings is 1. The van der Waals surface area contributed by atoms with Gasteiger partial charge >= 0.3 is 0 Å². The number of pyridine rings is 1. The topological polar surface area (TPSA) is 42.3 Å². The second-order valence-corrected chi connectivity index (χ2v) is 8.52. The van der Waals surface area contributed by atoms with Gasteiger partial charge in [0.25, 0.3) is 0 Å². The lowest BCUT2D eigenvalue weighted by atomic mass is 10.0. The van der Waals surface area contributed by atoms with Crippen molar-refractivity contribution in [3.63, 3.8) is 0 Å². The zero-order valence-electron chi connectivity index (χ0n) is 16.4. The third-order valence-electron chi connectivity index (χ3n) is 5.79. The van der Waals surface area contributed by atoms with Gasteiger partial charge in [0.15, 0.2) is 5.11 Å². The molecule has 0 radical (unpaired) electrons. The summed E-state index contributed by atoms with van der Waals surface area (Å²) < 4.78 is 8.20. The first-order chi connectivity index (χ1) is 14.7. The number of hydrogen-bond acceptors (Lipinski definition) is 3. The van der Waals surface area contributed by atoms with E-state index in [1.165, 1.54) is 5.69 Å². The highest BCUT2D eigenvalue weighted by molar-refractivity contribution is 7.80. The molecule has 2 aliphatic rings. The van der Waals surface area contributed by atoms with Crippen molar-refractivity contribution in [3.05, 3.63) is 83.4 Å². The van der Waals surface area contributed by atoms with E-state index >= 15 is 0 Å². The Bertz CT molecular complexity index is 1020.